The molecule has 0 radical (unpaired) electrons. The van der Waals surface area contributed by atoms with Crippen LogP contribution in [0.2, 0.25) is 0 Å². The van der Waals surface area contributed by atoms with Gasteiger partial charge in [0.05, 0.1) is 24.2 Å². The van der Waals surface area contributed by atoms with Crippen molar-refractivity contribution >= 4 is 0 Å². The molecule has 1 aromatic heterocycles. The van der Waals surface area contributed by atoms with Crippen molar-refractivity contribution in [2.75, 3.05) is 13.2 Å². The summed E-state index contributed by atoms with van der Waals surface area (Å²) in [5.41, 5.74) is 4.93. The number of hydrogen-bond acceptors (Lipinski definition) is 5. The Kier molecular flexibility index (Phi) is 3.47. The third-order valence-electron chi connectivity index (χ3n) is 4.78. The highest BCUT2D eigenvalue weighted by Crippen LogP contribution is 2.32. The predicted octanol–water partition coefficient (Wildman–Crippen LogP) is 2.40. The zero-order valence-corrected chi connectivity index (χ0v) is 13.1. The molecule has 0 saturated carbocycles. The molecule has 0 amide bonds. The second-order valence-electron chi connectivity index (χ2n) is 6.12. The molecule has 0 N–H and O–H groups in total. The monoisotopic (exact) mass is 306 g/mol. The Bertz CT molecular complexity index is 796. The first-order chi connectivity index (χ1) is 11.2. The van der Waals surface area contributed by atoms with Gasteiger partial charge >= 0.3 is 0 Å². The Morgan fingerprint density at radius 2 is 2.22 bits per heavy atom. The summed E-state index contributed by atoms with van der Waals surface area (Å²) in [4.78, 5) is 11.2. The molecule has 0 bridgehead atoms. The summed E-state index contributed by atoms with van der Waals surface area (Å²) in [5.74, 6) is 1.03. The molecule has 5 heteroatoms. The van der Waals surface area contributed by atoms with E-state index in [-0.39, 0.29) is 0 Å². The summed E-state index contributed by atoms with van der Waals surface area (Å²) in [6.45, 7) is 4.71. The first kappa shape index (κ1) is 14.2. The standard InChI is InChI=1S/C18H18N4O/c1-12(14-3-2-13-5-7-23-18(13)8-14)22-6-4-16-17(11-22)20-10-15(9-19)21-16/h2-3,8,10,12H,4-7,11H2,1H3. The Balaban J connectivity index is 1.56. The fraction of sp³-hybridized carbons (Fsp3) is 0.389. The number of aromatic nitrogens is 2. The maximum absolute atomic E-state index is 8.93. The average Bonchev–Trinajstić information content (AvgIpc) is 3.07. The summed E-state index contributed by atoms with van der Waals surface area (Å²) in [6.07, 6.45) is 3.41. The first-order valence-electron chi connectivity index (χ1n) is 7.99. The Morgan fingerprint density at radius 3 is 3.09 bits per heavy atom. The lowest BCUT2D eigenvalue weighted by Gasteiger charge is -2.33. The van der Waals surface area contributed by atoms with Crippen LogP contribution >= 0.6 is 0 Å². The van der Waals surface area contributed by atoms with Crippen LogP contribution in [0.1, 0.15) is 41.2 Å². The Labute approximate surface area is 135 Å². The fourth-order valence-corrected chi connectivity index (χ4v) is 3.34. The second-order valence-corrected chi connectivity index (χ2v) is 6.12. The maximum Gasteiger partial charge on any atom is 0.159 e. The van der Waals surface area contributed by atoms with Gasteiger partial charge in [0, 0.05) is 32.0 Å². The van der Waals surface area contributed by atoms with E-state index in [9.17, 15) is 0 Å². The van der Waals surface area contributed by atoms with Crippen LogP contribution in [0.4, 0.5) is 0 Å². The molecule has 23 heavy (non-hydrogen) atoms. The highest BCUT2D eigenvalue weighted by atomic mass is 16.5. The third-order valence-corrected chi connectivity index (χ3v) is 4.78. The summed E-state index contributed by atoms with van der Waals surface area (Å²) >= 11 is 0. The Hall–Kier alpha value is -2.45. The van der Waals surface area contributed by atoms with Crippen LogP contribution < -0.4 is 4.74 Å². The van der Waals surface area contributed by atoms with Crippen LogP contribution in [0.15, 0.2) is 24.4 Å². The molecular weight excluding hydrogens is 288 g/mol. The minimum atomic E-state index is 0.301. The van der Waals surface area contributed by atoms with Gasteiger partial charge in [0.15, 0.2) is 5.69 Å². The summed E-state index contributed by atoms with van der Waals surface area (Å²) in [6, 6.07) is 8.93. The lowest BCUT2D eigenvalue weighted by molar-refractivity contribution is 0.187. The van der Waals surface area contributed by atoms with Crippen LogP contribution in [0.3, 0.4) is 0 Å². The van der Waals surface area contributed by atoms with Crippen molar-refractivity contribution in [3.63, 3.8) is 0 Å². The normalized spacial score (nSPS) is 17.7. The van der Waals surface area contributed by atoms with E-state index in [1.54, 1.807) is 6.20 Å². The summed E-state index contributed by atoms with van der Waals surface area (Å²) in [5, 5.41) is 8.93. The highest BCUT2D eigenvalue weighted by molar-refractivity contribution is 5.41. The van der Waals surface area contributed by atoms with Gasteiger partial charge in [-0.3, -0.25) is 9.88 Å². The molecular formula is C18H18N4O. The molecule has 0 saturated heterocycles. The molecule has 3 heterocycles. The van der Waals surface area contributed by atoms with Crippen LogP contribution in [0.25, 0.3) is 0 Å². The summed E-state index contributed by atoms with van der Waals surface area (Å²) < 4.78 is 5.69. The molecule has 0 spiro atoms. The van der Waals surface area contributed by atoms with Crippen LogP contribution in [0, 0.1) is 11.3 Å². The van der Waals surface area contributed by atoms with Gasteiger partial charge in [0.25, 0.3) is 0 Å². The third kappa shape index (κ3) is 2.55. The van der Waals surface area contributed by atoms with E-state index in [0.717, 1.165) is 49.7 Å². The van der Waals surface area contributed by atoms with Gasteiger partial charge in [0.2, 0.25) is 0 Å². The van der Waals surface area contributed by atoms with Crippen molar-refractivity contribution in [2.45, 2.75) is 32.4 Å². The van der Waals surface area contributed by atoms with Gasteiger partial charge in [-0.05, 0) is 24.1 Å². The van der Waals surface area contributed by atoms with Gasteiger partial charge in [-0.1, -0.05) is 12.1 Å². The van der Waals surface area contributed by atoms with Gasteiger partial charge in [-0.2, -0.15) is 5.26 Å². The lowest BCUT2D eigenvalue weighted by Crippen LogP contribution is -2.34. The molecule has 2 aliphatic heterocycles. The second kappa shape index (κ2) is 5.64. The molecule has 1 aromatic carbocycles. The molecule has 0 aliphatic carbocycles. The summed E-state index contributed by atoms with van der Waals surface area (Å²) in [7, 11) is 0. The van der Waals surface area contributed by atoms with E-state index in [1.165, 1.54) is 11.1 Å². The number of nitrogens with zero attached hydrogens (tertiary/aromatic N) is 4. The van der Waals surface area contributed by atoms with E-state index < -0.39 is 0 Å². The average molecular weight is 306 g/mol. The topological polar surface area (TPSA) is 62.0 Å². The molecule has 2 aromatic rings. The fourth-order valence-electron chi connectivity index (χ4n) is 3.34. The smallest absolute Gasteiger partial charge is 0.159 e. The maximum atomic E-state index is 8.93. The van der Waals surface area contributed by atoms with E-state index in [4.69, 9.17) is 10.00 Å². The molecule has 5 nitrogen and oxygen atoms in total. The molecule has 4 rings (SSSR count). The van der Waals surface area contributed by atoms with Crippen molar-refractivity contribution in [3.05, 3.63) is 52.6 Å². The van der Waals surface area contributed by atoms with Crippen LogP contribution in [0.5, 0.6) is 5.75 Å². The Morgan fingerprint density at radius 1 is 1.30 bits per heavy atom. The zero-order valence-electron chi connectivity index (χ0n) is 13.1. The molecule has 2 aliphatic rings. The molecule has 1 atom stereocenters. The first-order valence-corrected chi connectivity index (χ1v) is 7.99. The number of ether oxygens (including phenoxy) is 1. The zero-order chi connectivity index (χ0) is 15.8. The van der Waals surface area contributed by atoms with Crippen molar-refractivity contribution in [3.8, 4) is 11.8 Å². The number of fused-ring (bicyclic) bond motifs is 2. The molecule has 116 valence electrons. The van der Waals surface area contributed by atoms with Crippen LogP contribution in [-0.2, 0) is 19.4 Å². The van der Waals surface area contributed by atoms with Crippen molar-refractivity contribution in [1.82, 2.24) is 14.9 Å². The van der Waals surface area contributed by atoms with E-state index in [1.807, 2.05) is 0 Å². The number of benzene rings is 1. The minimum Gasteiger partial charge on any atom is -0.493 e. The van der Waals surface area contributed by atoms with Crippen molar-refractivity contribution in [1.29, 1.82) is 5.26 Å². The number of nitriles is 1. The molecule has 1 unspecified atom stereocenters. The van der Waals surface area contributed by atoms with Crippen LogP contribution in [-0.4, -0.2) is 28.0 Å². The largest absolute Gasteiger partial charge is 0.493 e. The number of rotatable bonds is 2. The van der Waals surface area contributed by atoms with Gasteiger partial charge in [-0.15, -0.1) is 0 Å². The highest BCUT2D eigenvalue weighted by Gasteiger charge is 2.25. The van der Waals surface area contributed by atoms with Gasteiger partial charge < -0.3 is 4.74 Å². The van der Waals surface area contributed by atoms with Crippen molar-refractivity contribution in [2.24, 2.45) is 0 Å². The van der Waals surface area contributed by atoms with E-state index >= 15 is 0 Å². The molecule has 0 fully saturated rings. The minimum absolute atomic E-state index is 0.301. The quantitative estimate of drug-likeness (QED) is 0.852. The van der Waals surface area contributed by atoms with Gasteiger partial charge in [0.1, 0.15) is 11.8 Å². The van der Waals surface area contributed by atoms with E-state index in [0.29, 0.717) is 11.7 Å². The number of hydrogen-bond donors (Lipinski definition) is 0. The SMILES string of the molecule is CC(c1ccc2c(c1)OCC2)N1CCc2nc(C#N)cnc2C1. The van der Waals surface area contributed by atoms with E-state index in [2.05, 4.69) is 46.1 Å². The predicted molar refractivity (Wildman–Crippen MR) is 84.9 cm³/mol. The lowest BCUT2D eigenvalue weighted by atomic mass is 10.0. The van der Waals surface area contributed by atoms with Crippen molar-refractivity contribution < 1.29 is 4.74 Å². The van der Waals surface area contributed by atoms with Gasteiger partial charge in [-0.25, -0.2) is 4.98 Å².